The molecule has 24 heavy (non-hydrogen) atoms. The number of hydrogen-bond donors (Lipinski definition) is 0. The molecule has 2 unspecified atom stereocenters. The van der Waals surface area contributed by atoms with Crippen LogP contribution in [0.15, 0.2) is 45.6 Å². The van der Waals surface area contributed by atoms with E-state index >= 15 is 0 Å². The molecule has 6 nitrogen and oxygen atoms in total. The van der Waals surface area contributed by atoms with Crippen molar-refractivity contribution in [3.8, 4) is 0 Å². The van der Waals surface area contributed by atoms with Crippen molar-refractivity contribution in [1.82, 2.24) is 9.80 Å². The normalized spacial score (nSPS) is 21.4. The van der Waals surface area contributed by atoms with Gasteiger partial charge in [-0.15, -0.1) is 0 Å². The van der Waals surface area contributed by atoms with Gasteiger partial charge in [0, 0.05) is 13.1 Å². The molecule has 130 valence electrons. The van der Waals surface area contributed by atoms with Crippen LogP contribution in [0.4, 0.5) is 0 Å². The summed E-state index contributed by atoms with van der Waals surface area (Å²) in [4.78, 5) is 16.6. The number of furan rings is 2. The van der Waals surface area contributed by atoms with Gasteiger partial charge in [0.05, 0.1) is 44.4 Å². The van der Waals surface area contributed by atoms with Crippen molar-refractivity contribution in [2.24, 2.45) is 0 Å². The van der Waals surface area contributed by atoms with E-state index in [2.05, 4.69) is 0 Å². The van der Waals surface area contributed by atoms with Crippen LogP contribution in [0, 0.1) is 0 Å². The zero-order chi connectivity index (χ0) is 16.9. The topological polar surface area (TPSA) is 59.1 Å². The first-order valence-electron chi connectivity index (χ1n) is 8.30. The van der Waals surface area contributed by atoms with Crippen molar-refractivity contribution in [2.45, 2.75) is 39.1 Å². The van der Waals surface area contributed by atoms with Crippen LogP contribution in [0.3, 0.4) is 0 Å². The van der Waals surface area contributed by atoms with Crippen LogP contribution in [0.5, 0.6) is 0 Å². The maximum absolute atomic E-state index is 12.7. The summed E-state index contributed by atoms with van der Waals surface area (Å²) in [5.41, 5.74) is 0. The molecular formula is C18H24N2O4. The highest BCUT2D eigenvalue weighted by Gasteiger charge is 2.27. The zero-order valence-corrected chi connectivity index (χ0v) is 14.2. The molecule has 1 aliphatic rings. The first kappa shape index (κ1) is 16.8. The summed E-state index contributed by atoms with van der Waals surface area (Å²) in [6, 6.07) is 7.54. The van der Waals surface area contributed by atoms with Crippen molar-refractivity contribution >= 4 is 5.91 Å². The second kappa shape index (κ2) is 7.68. The van der Waals surface area contributed by atoms with Gasteiger partial charge in [-0.2, -0.15) is 0 Å². The van der Waals surface area contributed by atoms with Crippen LogP contribution in [0.1, 0.15) is 25.4 Å². The first-order chi connectivity index (χ1) is 11.6. The minimum absolute atomic E-state index is 0.0706. The molecule has 2 aromatic heterocycles. The second-order valence-corrected chi connectivity index (χ2v) is 6.36. The highest BCUT2D eigenvalue weighted by atomic mass is 16.5. The molecule has 0 spiro atoms. The molecule has 0 N–H and O–H groups in total. The SMILES string of the molecule is CC1CN(C(=O)CN(Cc2ccco2)Cc2ccco2)CC(C)O1. The van der Waals surface area contributed by atoms with Gasteiger partial charge in [0.15, 0.2) is 0 Å². The van der Waals surface area contributed by atoms with Gasteiger partial charge >= 0.3 is 0 Å². The molecule has 0 aliphatic carbocycles. The van der Waals surface area contributed by atoms with Crippen LogP contribution in [0.2, 0.25) is 0 Å². The van der Waals surface area contributed by atoms with E-state index < -0.39 is 0 Å². The number of ether oxygens (including phenoxy) is 1. The van der Waals surface area contributed by atoms with Gasteiger partial charge in [0.1, 0.15) is 11.5 Å². The van der Waals surface area contributed by atoms with E-state index in [0.717, 1.165) is 11.5 Å². The predicted molar refractivity (Wildman–Crippen MR) is 88.1 cm³/mol. The summed E-state index contributed by atoms with van der Waals surface area (Å²) in [6.45, 7) is 6.72. The van der Waals surface area contributed by atoms with E-state index in [0.29, 0.717) is 32.7 Å². The molecule has 1 saturated heterocycles. The first-order valence-corrected chi connectivity index (χ1v) is 8.30. The molecule has 6 heteroatoms. The monoisotopic (exact) mass is 332 g/mol. The average molecular weight is 332 g/mol. The van der Waals surface area contributed by atoms with Crippen LogP contribution in [-0.2, 0) is 22.6 Å². The molecule has 1 fully saturated rings. The number of rotatable bonds is 6. The van der Waals surface area contributed by atoms with E-state index in [9.17, 15) is 4.79 Å². The Labute approximate surface area is 142 Å². The molecule has 3 rings (SSSR count). The van der Waals surface area contributed by atoms with Crippen LogP contribution < -0.4 is 0 Å². The van der Waals surface area contributed by atoms with Gasteiger partial charge in [0.2, 0.25) is 5.91 Å². The molecule has 0 saturated carbocycles. The molecule has 0 bridgehead atoms. The Bertz CT molecular complexity index is 577. The number of amides is 1. The number of hydrogen-bond acceptors (Lipinski definition) is 5. The smallest absolute Gasteiger partial charge is 0.236 e. The van der Waals surface area contributed by atoms with E-state index in [4.69, 9.17) is 13.6 Å². The highest BCUT2D eigenvalue weighted by molar-refractivity contribution is 5.78. The Kier molecular flexibility index (Phi) is 5.37. The van der Waals surface area contributed by atoms with Gasteiger partial charge < -0.3 is 18.5 Å². The summed E-state index contributed by atoms with van der Waals surface area (Å²) in [6.07, 6.45) is 3.43. The van der Waals surface area contributed by atoms with E-state index in [-0.39, 0.29) is 18.1 Å². The standard InChI is InChI=1S/C18H24N2O4/c1-14-9-20(10-15(2)24-14)18(21)13-19(11-16-5-3-7-22-16)12-17-6-4-8-23-17/h3-8,14-15H,9-13H2,1-2H3. The minimum Gasteiger partial charge on any atom is -0.468 e. The fourth-order valence-corrected chi connectivity index (χ4v) is 3.09. The highest BCUT2D eigenvalue weighted by Crippen LogP contribution is 2.14. The Morgan fingerprint density at radius 3 is 2.08 bits per heavy atom. The zero-order valence-electron chi connectivity index (χ0n) is 14.2. The van der Waals surface area contributed by atoms with Crippen LogP contribution in [0.25, 0.3) is 0 Å². The van der Waals surface area contributed by atoms with Crippen molar-refractivity contribution < 1.29 is 18.4 Å². The lowest BCUT2D eigenvalue weighted by Crippen LogP contribution is -2.50. The Hall–Kier alpha value is -2.05. The summed E-state index contributed by atoms with van der Waals surface area (Å²) in [5, 5.41) is 0. The molecule has 2 atom stereocenters. The van der Waals surface area contributed by atoms with Gasteiger partial charge in [-0.25, -0.2) is 0 Å². The fourth-order valence-electron chi connectivity index (χ4n) is 3.09. The fraction of sp³-hybridized carbons (Fsp3) is 0.500. The quantitative estimate of drug-likeness (QED) is 0.813. The molecule has 0 aromatic carbocycles. The lowest BCUT2D eigenvalue weighted by Gasteiger charge is -2.36. The van der Waals surface area contributed by atoms with Gasteiger partial charge in [0.25, 0.3) is 0 Å². The maximum Gasteiger partial charge on any atom is 0.236 e. The number of carbonyl (C=O) groups excluding carboxylic acids is 1. The van der Waals surface area contributed by atoms with Crippen molar-refractivity contribution in [1.29, 1.82) is 0 Å². The summed E-state index contributed by atoms with van der Waals surface area (Å²) >= 11 is 0. The molecule has 0 radical (unpaired) electrons. The third kappa shape index (κ3) is 4.49. The lowest BCUT2D eigenvalue weighted by molar-refractivity contribution is -0.144. The van der Waals surface area contributed by atoms with Crippen LogP contribution in [-0.4, -0.2) is 47.5 Å². The van der Waals surface area contributed by atoms with E-state index in [1.54, 1.807) is 12.5 Å². The van der Waals surface area contributed by atoms with Gasteiger partial charge in [-0.3, -0.25) is 9.69 Å². The molecule has 1 amide bonds. The van der Waals surface area contributed by atoms with Crippen molar-refractivity contribution in [3.05, 3.63) is 48.3 Å². The summed E-state index contributed by atoms with van der Waals surface area (Å²) in [5.74, 6) is 1.77. The average Bonchev–Trinajstić information content (AvgIpc) is 3.20. The molecular weight excluding hydrogens is 308 g/mol. The summed E-state index contributed by atoms with van der Waals surface area (Å²) < 4.78 is 16.6. The Morgan fingerprint density at radius 1 is 1.08 bits per heavy atom. The maximum atomic E-state index is 12.7. The third-order valence-corrected chi connectivity index (χ3v) is 4.05. The molecule has 3 heterocycles. The predicted octanol–water partition coefficient (Wildman–Crippen LogP) is 2.51. The largest absolute Gasteiger partial charge is 0.468 e. The third-order valence-electron chi connectivity index (χ3n) is 4.05. The van der Waals surface area contributed by atoms with E-state index in [1.165, 1.54) is 0 Å². The number of carbonyl (C=O) groups is 1. The lowest BCUT2D eigenvalue weighted by atomic mass is 10.2. The van der Waals surface area contributed by atoms with Crippen LogP contribution >= 0.6 is 0 Å². The Morgan fingerprint density at radius 2 is 1.62 bits per heavy atom. The van der Waals surface area contributed by atoms with Gasteiger partial charge in [-0.05, 0) is 38.1 Å². The summed E-state index contributed by atoms with van der Waals surface area (Å²) in [7, 11) is 0. The number of morpholine rings is 1. The second-order valence-electron chi connectivity index (χ2n) is 6.36. The van der Waals surface area contributed by atoms with Crippen molar-refractivity contribution in [3.63, 3.8) is 0 Å². The minimum atomic E-state index is 0.0706. The molecule has 2 aromatic rings. The van der Waals surface area contributed by atoms with Gasteiger partial charge in [-0.1, -0.05) is 0 Å². The Balaban J connectivity index is 1.64. The van der Waals surface area contributed by atoms with Crippen molar-refractivity contribution in [2.75, 3.05) is 19.6 Å². The number of nitrogens with zero attached hydrogens (tertiary/aromatic N) is 2. The van der Waals surface area contributed by atoms with E-state index in [1.807, 2.05) is 47.9 Å². The molecule has 1 aliphatic heterocycles.